The Kier molecular flexibility index (Phi) is 3.43. The number of ether oxygens (including phenoxy) is 1. The Morgan fingerprint density at radius 1 is 1.26 bits per heavy atom. The van der Waals surface area contributed by atoms with Crippen LogP contribution in [0.15, 0.2) is 18.2 Å². The molecule has 0 aromatic heterocycles. The van der Waals surface area contributed by atoms with Gasteiger partial charge in [-0.15, -0.1) is 0 Å². The van der Waals surface area contributed by atoms with Gasteiger partial charge in [0.2, 0.25) is 0 Å². The quantitative estimate of drug-likeness (QED) is 0.806. The van der Waals surface area contributed by atoms with Gasteiger partial charge in [0.05, 0.1) is 6.10 Å². The Hall–Kier alpha value is -0.900. The van der Waals surface area contributed by atoms with Gasteiger partial charge < -0.3 is 9.94 Å². The monoisotopic (exact) mass is 315 g/mol. The van der Waals surface area contributed by atoms with Gasteiger partial charge in [0.15, 0.2) is 0 Å². The predicted molar refractivity (Wildman–Crippen MR) is 90.6 cm³/mol. The maximum atomic E-state index is 9.81. The van der Waals surface area contributed by atoms with E-state index in [4.69, 9.17) is 4.74 Å². The summed E-state index contributed by atoms with van der Waals surface area (Å²) in [5, 5.41) is 9.81. The molecule has 2 fully saturated rings. The van der Waals surface area contributed by atoms with Crippen LogP contribution in [-0.2, 0) is 16.6 Å². The van der Waals surface area contributed by atoms with Crippen molar-refractivity contribution in [3.8, 4) is 0 Å². The molecule has 2 aliphatic carbocycles. The largest absolute Gasteiger partial charge is 0.356 e. The molecule has 4 atom stereocenters. The van der Waals surface area contributed by atoms with E-state index in [2.05, 4.69) is 51.4 Å². The van der Waals surface area contributed by atoms with Crippen LogP contribution in [0.25, 0.3) is 0 Å². The van der Waals surface area contributed by atoms with E-state index in [-0.39, 0.29) is 23.2 Å². The van der Waals surface area contributed by atoms with E-state index in [1.807, 2.05) is 0 Å². The molecule has 3 heteroatoms. The van der Waals surface area contributed by atoms with E-state index in [1.54, 1.807) is 0 Å². The Morgan fingerprint density at radius 3 is 2.74 bits per heavy atom. The minimum absolute atomic E-state index is 0.0791. The van der Waals surface area contributed by atoms with E-state index >= 15 is 0 Å². The first-order valence-corrected chi connectivity index (χ1v) is 9.08. The molecule has 0 radical (unpaired) electrons. The summed E-state index contributed by atoms with van der Waals surface area (Å²) in [4.78, 5) is 0. The molecule has 4 rings (SSSR count). The first-order valence-electron chi connectivity index (χ1n) is 9.08. The van der Waals surface area contributed by atoms with Crippen LogP contribution in [0.5, 0.6) is 0 Å². The molecule has 1 saturated carbocycles. The Balaban J connectivity index is 1.90. The minimum atomic E-state index is -0.275. The molecule has 0 amide bonds. The molecule has 0 spiro atoms. The second-order valence-corrected chi connectivity index (χ2v) is 8.82. The van der Waals surface area contributed by atoms with Gasteiger partial charge in [0.25, 0.3) is 0 Å². The van der Waals surface area contributed by atoms with E-state index in [1.165, 1.54) is 29.5 Å². The van der Waals surface area contributed by atoms with Gasteiger partial charge in [0, 0.05) is 11.3 Å². The topological polar surface area (TPSA) is 41.5 Å². The summed E-state index contributed by atoms with van der Waals surface area (Å²) in [6, 6.07) is 6.99. The van der Waals surface area contributed by atoms with Crippen molar-refractivity contribution in [3.63, 3.8) is 0 Å². The second kappa shape index (κ2) is 5.05. The van der Waals surface area contributed by atoms with E-state index in [9.17, 15) is 5.21 Å². The average molecular weight is 315 g/mol. The van der Waals surface area contributed by atoms with Gasteiger partial charge in [-0.25, -0.2) is 0 Å². The number of hydrogen-bond donors (Lipinski definition) is 2. The molecule has 3 aliphatic rings. The maximum Gasteiger partial charge on any atom is 0.140 e. The third-order valence-corrected chi connectivity index (χ3v) is 6.79. The van der Waals surface area contributed by atoms with Crippen LogP contribution in [-0.4, -0.2) is 17.5 Å². The van der Waals surface area contributed by atoms with E-state index in [0.717, 1.165) is 12.8 Å². The molecule has 1 unspecified atom stereocenters. The summed E-state index contributed by atoms with van der Waals surface area (Å²) in [6.45, 7) is 9.27. The fourth-order valence-electron chi connectivity index (χ4n) is 5.92. The fraction of sp³-hybridized carbons (Fsp3) is 0.700. The summed E-state index contributed by atoms with van der Waals surface area (Å²) in [5.74, 6) is 1.02. The summed E-state index contributed by atoms with van der Waals surface area (Å²) < 4.78 is 6.33. The van der Waals surface area contributed by atoms with Gasteiger partial charge in [-0.05, 0) is 47.3 Å². The highest BCUT2D eigenvalue weighted by Crippen LogP contribution is 2.63. The zero-order chi connectivity index (χ0) is 16.4. The lowest BCUT2D eigenvalue weighted by molar-refractivity contribution is -0.0650. The zero-order valence-corrected chi connectivity index (χ0v) is 14.7. The normalized spacial score (nSPS) is 37.6. The molecule has 2 bridgehead atoms. The van der Waals surface area contributed by atoms with Crippen LogP contribution in [0.1, 0.15) is 69.6 Å². The third-order valence-electron chi connectivity index (χ3n) is 6.79. The first kappa shape index (κ1) is 15.6. The fourth-order valence-corrected chi connectivity index (χ4v) is 5.92. The van der Waals surface area contributed by atoms with Gasteiger partial charge in [0.1, 0.15) is 6.23 Å². The number of hydrogen-bond acceptors (Lipinski definition) is 3. The molecule has 1 aromatic rings. The highest BCUT2D eigenvalue weighted by Gasteiger charge is 2.65. The number of fused-ring (bicyclic) bond motifs is 1. The molecule has 1 heterocycles. The second-order valence-electron chi connectivity index (χ2n) is 8.82. The molecular formula is C20H29NO2. The molecule has 3 nitrogen and oxygen atoms in total. The lowest BCUT2D eigenvalue weighted by atomic mass is 9.49. The Labute approximate surface area is 139 Å². The number of hydroxylamine groups is 1. The zero-order valence-electron chi connectivity index (χ0n) is 14.7. The maximum absolute atomic E-state index is 9.81. The standard InChI is InChI=1S/C20H29NO2/c1-12(2)13-6-7-15-14(10-13)11-16-17-19(3,4)8-5-9-20(15,17)18(21-22)23-16/h6-7,10,12,16-18,21-22H,5,8-9,11H2,1-4H3/t16-,17-,18?,20-/m0/s1. The van der Waals surface area contributed by atoms with Gasteiger partial charge >= 0.3 is 0 Å². The van der Waals surface area contributed by atoms with Crippen molar-refractivity contribution in [1.29, 1.82) is 0 Å². The average Bonchev–Trinajstić information content (AvgIpc) is 2.76. The summed E-state index contributed by atoms with van der Waals surface area (Å²) >= 11 is 0. The number of rotatable bonds is 2. The molecule has 1 aromatic carbocycles. The minimum Gasteiger partial charge on any atom is -0.356 e. The Bertz CT molecular complexity index is 624. The summed E-state index contributed by atoms with van der Waals surface area (Å²) in [6.07, 6.45) is 4.46. The van der Waals surface area contributed by atoms with E-state index in [0.29, 0.717) is 11.8 Å². The molecular weight excluding hydrogens is 286 g/mol. The van der Waals surface area contributed by atoms with E-state index < -0.39 is 0 Å². The van der Waals surface area contributed by atoms with Crippen LogP contribution >= 0.6 is 0 Å². The van der Waals surface area contributed by atoms with Crippen molar-refractivity contribution >= 4 is 0 Å². The van der Waals surface area contributed by atoms with Crippen molar-refractivity contribution < 1.29 is 9.94 Å². The molecule has 126 valence electrons. The van der Waals surface area contributed by atoms with Crippen molar-refractivity contribution in [2.75, 3.05) is 0 Å². The van der Waals surface area contributed by atoms with Crippen LogP contribution in [0.3, 0.4) is 0 Å². The Morgan fingerprint density at radius 2 is 2.04 bits per heavy atom. The van der Waals surface area contributed by atoms with Gasteiger partial charge in [-0.3, -0.25) is 0 Å². The first-order chi connectivity index (χ1) is 10.9. The highest BCUT2D eigenvalue weighted by atomic mass is 16.6. The lowest BCUT2D eigenvalue weighted by Crippen LogP contribution is -2.56. The SMILES string of the molecule is CC(C)c1ccc2c(c1)C[C@@H]1OC(NO)[C@@]23CCCC(C)(C)[C@H]13. The van der Waals surface area contributed by atoms with Gasteiger partial charge in [-0.2, -0.15) is 5.48 Å². The van der Waals surface area contributed by atoms with Crippen LogP contribution in [0, 0.1) is 11.3 Å². The van der Waals surface area contributed by atoms with Crippen molar-refractivity contribution in [3.05, 3.63) is 34.9 Å². The van der Waals surface area contributed by atoms with Crippen molar-refractivity contribution in [1.82, 2.24) is 5.48 Å². The molecule has 2 N–H and O–H groups in total. The molecule has 1 saturated heterocycles. The lowest BCUT2D eigenvalue weighted by Gasteiger charge is -2.53. The number of benzene rings is 1. The summed E-state index contributed by atoms with van der Waals surface area (Å²) in [5.41, 5.74) is 6.95. The summed E-state index contributed by atoms with van der Waals surface area (Å²) in [7, 11) is 0. The highest BCUT2D eigenvalue weighted by molar-refractivity contribution is 5.46. The smallest absolute Gasteiger partial charge is 0.140 e. The van der Waals surface area contributed by atoms with Crippen LogP contribution in [0.2, 0.25) is 0 Å². The molecule has 23 heavy (non-hydrogen) atoms. The molecule has 1 aliphatic heterocycles. The van der Waals surface area contributed by atoms with Crippen LogP contribution in [0.4, 0.5) is 0 Å². The predicted octanol–water partition coefficient (Wildman–Crippen LogP) is 4.13. The van der Waals surface area contributed by atoms with Crippen molar-refractivity contribution in [2.24, 2.45) is 11.3 Å². The van der Waals surface area contributed by atoms with Crippen LogP contribution < -0.4 is 5.48 Å². The van der Waals surface area contributed by atoms with Gasteiger partial charge in [-0.1, -0.05) is 52.3 Å². The third kappa shape index (κ3) is 2.00. The number of nitrogens with one attached hydrogen (secondary N) is 1. The van der Waals surface area contributed by atoms with Crippen molar-refractivity contribution in [2.45, 2.75) is 77.0 Å².